The van der Waals surface area contributed by atoms with Crippen LogP contribution in [-0.4, -0.2) is 87.7 Å². The summed E-state index contributed by atoms with van der Waals surface area (Å²) in [5.41, 5.74) is 10.7. The number of thioether (sulfide) groups is 1. The Kier molecular flexibility index (Phi) is 11.9. The van der Waals surface area contributed by atoms with Crippen molar-refractivity contribution < 1.29 is 32.6 Å². The zero-order valence-corrected chi connectivity index (χ0v) is 23.3. The zero-order chi connectivity index (χ0) is 28.3. The zero-order valence-electron chi connectivity index (χ0n) is 21.7. The van der Waals surface area contributed by atoms with Gasteiger partial charge in [-0.2, -0.15) is 16.5 Å². The predicted octanol–water partition coefficient (Wildman–Crippen LogP) is 1.22. The fourth-order valence-electron chi connectivity index (χ4n) is 3.68. The number of nitrogens with zero attached hydrogens (tertiary/aromatic N) is 2. The molecular weight excluding hydrogens is 534 g/mol. The molecule has 0 saturated carbocycles. The number of carbonyl (C=O) groups is 2. The summed E-state index contributed by atoms with van der Waals surface area (Å²) in [6.07, 6.45) is 0.348. The molecule has 0 spiro atoms. The van der Waals surface area contributed by atoms with E-state index in [9.17, 15) is 23.1 Å². The third-order valence-corrected chi connectivity index (χ3v) is 7.86. The lowest BCUT2D eigenvalue weighted by atomic mass is 10.1. The first-order chi connectivity index (χ1) is 18.0. The second-order valence-electron chi connectivity index (χ2n) is 8.19. The van der Waals surface area contributed by atoms with Crippen molar-refractivity contribution in [2.24, 2.45) is 16.5 Å². The fraction of sp³-hybridized carbons (Fsp3) is 0.458. The first-order valence-electron chi connectivity index (χ1n) is 11.8. The van der Waals surface area contributed by atoms with Crippen LogP contribution >= 0.6 is 11.8 Å². The van der Waals surface area contributed by atoms with E-state index in [4.69, 9.17) is 20.9 Å². The largest absolute Gasteiger partial charge is 0.493 e. The van der Waals surface area contributed by atoms with E-state index in [2.05, 4.69) is 9.71 Å². The summed E-state index contributed by atoms with van der Waals surface area (Å²) in [6, 6.07) is 6.68. The van der Waals surface area contributed by atoms with Crippen molar-refractivity contribution in [1.29, 1.82) is 0 Å². The molecule has 0 aliphatic carbocycles. The maximum atomic E-state index is 13.4. The van der Waals surface area contributed by atoms with Crippen molar-refractivity contribution in [2.45, 2.75) is 30.7 Å². The SMILES string of the molecule is CCSCCN(CC(=O)O)C(=O)[C@H](CCCN=C(N)N)NS(=O)(=O)c1ccc2cc(OC)c(OC)cc2c1. The number of benzene rings is 2. The average molecular weight is 570 g/mol. The minimum Gasteiger partial charge on any atom is -0.493 e. The van der Waals surface area contributed by atoms with Crippen LogP contribution in [0.1, 0.15) is 19.8 Å². The van der Waals surface area contributed by atoms with Crippen molar-refractivity contribution in [3.8, 4) is 11.5 Å². The quantitative estimate of drug-likeness (QED) is 0.130. The van der Waals surface area contributed by atoms with E-state index < -0.39 is 34.5 Å². The van der Waals surface area contributed by atoms with Crippen molar-refractivity contribution in [3.63, 3.8) is 0 Å². The Morgan fingerprint density at radius 1 is 1.13 bits per heavy atom. The molecule has 1 atom stereocenters. The number of hydrogen-bond acceptors (Lipinski definition) is 8. The van der Waals surface area contributed by atoms with Crippen molar-refractivity contribution >= 4 is 50.4 Å². The Balaban J connectivity index is 2.38. The number of carboxylic acids is 1. The summed E-state index contributed by atoms with van der Waals surface area (Å²) in [6.45, 7) is 1.74. The van der Waals surface area contributed by atoms with Gasteiger partial charge < -0.3 is 30.9 Å². The number of guanidine groups is 1. The Labute approximate surface area is 226 Å². The smallest absolute Gasteiger partial charge is 0.323 e. The first-order valence-corrected chi connectivity index (χ1v) is 14.5. The molecule has 0 radical (unpaired) electrons. The standard InChI is InChI=1S/C24H35N5O7S2/c1-4-37-11-10-29(15-22(30)31)23(32)19(6-5-9-27-24(25)26)28-38(33,34)18-8-7-16-13-20(35-2)21(36-3)14-17(16)12-18/h7-8,12-14,19,28H,4-6,9-11,15H2,1-3H3,(H,30,31)(H4,25,26,27)/t19-/m0/s1. The second-order valence-corrected chi connectivity index (χ2v) is 11.3. The maximum absolute atomic E-state index is 13.4. The van der Waals surface area contributed by atoms with Crippen molar-refractivity contribution in [1.82, 2.24) is 9.62 Å². The molecule has 0 heterocycles. The normalized spacial score (nSPS) is 12.1. The lowest BCUT2D eigenvalue weighted by Gasteiger charge is -2.26. The molecule has 0 saturated heterocycles. The van der Waals surface area contributed by atoms with Crippen LogP contribution in [0.15, 0.2) is 40.2 Å². The van der Waals surface area contributed by atoms with Crippen LogP contribution in [0.3, 0.4) is 0 Å². The molecule has 0 bridgehead atoms. The minimum absolute atomic E-state index is 0.0600. The third kappa shape index (κ3) is 8.96. The van der Waals surface area contributed by atoms with Gasteiger partial charge in [0.05, 0.1) is 19.1 Å². The van der Waals surface area contributed by atoms with Crippen LogP contribution in [0.2, 0.25) is 0 Å². The summed E-state index contributed by atoms with van der Waals surface area (Å²) in [4.78, 5) is 29.8. The summed E-state index contributed by atoms with van der Waals surface area (Å²) < 4.78 is 39.9. The molecule has 0 aromatic heterocycles. The lowest BCUT2D eigenvalue weighted by Crippen LogP contribution is -2.50. The van der Waals surface area contributed by atoms with Gasteiger partial charge in [-0.3, -0.25) is 14.6 Å². The van der Waals surface area contributed by atoms with Crippen LogP contribution in [0.4, 0.5) is 0 Å². The highest BCUT2D eigenvalue weighted by Crippen LogP contribution is 2.33. The monoisotopic (exact) mass is 569 g/mol. The molecular formula is C24H35N5O7S2. The predicted molar refractivity (Wildman–Crippen MR) is 148 cm³/mol. The summed E-state index contributed by atoms with van der Waals surface area (Å²) in [7, 11) is -1.20. The number of ether oxygens (including phenoxy) is 2. The molecule has 0 unspecified atom stereocenters. The number of aliphatic imine (C=N–C) groups is 1. The molecule has 1 amide bonds. The second kappa shape index (κ2) is 14.6. The topological polar surface area (TPSA) is 187 Å². The molecule has 2 aromatic carbocycles. The van der Waals surface area contributed by atoms with Gasteiger partial charge in [-0.05, 0) is 53.6 Å². The molecule has 2 rings (SSSR count). The number of amides is 1. The Bertz CT molecular complexity index is 1250. The van der Waals surface area contributed by atoms with Gasteiger partial charge in [0.25, 0.3) is 0 Å². The Morgan fingerprint density at radius 2 is 1.79 bits per heavy atom. The van der Waals surface area contributed by atoms with Crippen LogP contribution in [0, 0.1) is 0 Å². The number of hydrogen-bond donors (Lipinski definition) is 4. The summed E-state index contributed by atoms with van der Waals surface area (Å²) in [5, 5.41) is 10.7. The average Bonchev–Trinajstić information content (AvgIpc) is 2.87. The van der Waals surface area contributed by atoms with Gasteiger partial charge in [0.15, 0.2) is 17.5 Å². The Morgan fingerprint density at radius 3 is 2.37 bits per heavy atom. The highest BCUT2D eigenvalue weighted by Gasteiger charge is 2.30. The van der Waals surface area contributed by atoms with Crippen LogP contribution in [-0.2, 0) is 19.6 Å². The molecule has 12 nitrogen and oxygen atoms in total. The number of rotatable bonds is 16. The molecule has 0 aliphatic heterocycles. The lowest BCUT2D eigenvalue weighted by molar-refractivity contribution is -0.145. The van der Waals surface area contributed by atoms with E-state index in [1.54, 1.807) is 30.0 Å². The number of carbonyl (C=O) groups excluding carboxylic acids is 1. The van der Waals surface area contributed by atoms with Gasteiger partial charge >= 0.3 is 5.97 Å². The number of nitrogens with one attached hydrogen (secondary N) is 1. The van der Waals surface area contributed by atoms with E-state index in [0.29, 0.717) is 22.6 Å². The highest BCUT2D eigenvalue weighted by molar-refractivity contribution is 7.99. The number of aliphatic carboxylic acids is 1. The maximum Gasteiger partial charge on any atom is 0.323 e. The molecule has 2 aromatic rings. The van der Waals surface area contributed by atoms with Gasteiger partial charge in [-0.15, -0.1) is 0 Å². The third-order valence-electron chi connectivity index (χ3n) is 5.51. The first kappa shape index (κ1) is 31.0. The number of fused-ring (bicyclic) bond motifs is 1. The van der Waals surface area contributed by atoms with Crippen LogP contribution < -0.4 is 25.7 Å². The molecule has 0 aliphatic rings. The fourth-order valence-corrected chi connectivity index (χ4v) is 5.58. The van der Waals surface area contributed by atoms with E-state index in [1.165, 1.54) is 26.4 Å². The minimum atomic E-state index is -4.18. The summed E-state index contributed by atoms with van der Waals surface area (Å²) in [5.74, 6) is 0.289. The van der Waals surface area contributed by atoms with E-state index in [-0.39, 0.29) is 36.8 Å². The van der Waals surface area contributed by atoms with Crippen LogP contribution in [0.25, 0.3) is 10.8 Å². The van der Waals surface area contributed by atoms with E-state index in [1.807, 2.05) is 6.92 Å². The van der Waals surface area contributed by atoms with E-state index in [0.717, 1.165) is 16.0 Å². The van der Waals surface area contributed by atoms with Gasteiger partial charge in [0, 0.05) is 18.8 Å². The van der Waals surface area contributed by atoms with E-state index >= 15 is 0 Å². The number of sulfonamides is 1. The van der Waals surface area contributed by atoms with Crippen molar-refractivity contribution in [2.75, 3.05) is 45.4 Å². The number of methoxy groups -OCH3 is 2. The molecule has 0 fully saturated rings. The highest BCUT2D eigenvalue weighted by atomic mass is 32.2. The Hall–Kier alpha value is -3.23. The van der Waals surface area contributed by atoms with Gasteiger partial charge in [-0.25, -0.2) is 8.42 Å². The number of carboxylic acid groups (broad SMARTS) is 1. The molecule has 14 heteroatoms. The number of nitrogens with two attached hydrogens (primary N) is 2. The molecule has 38 heavy (non-hydrogen) atoms. The van der Waals surface area contributed by atoms with Gasteiger partial charge in [0.1, 0.15) is 12.6 Å². The molecule has 210 valence electrons. The van der Waals surface area contributed by atoms with Gasteiger partial charge in [-0.1, -0.05) is 13.0 Å². The summed E-state index contributed by atoms with van der Waals surface area (Å²) >= 11 is 1.54. The van der Waals surface area contributed by atoms with Crippen molar-refractivity contribution in [3.05, 3.63) is 30.3 Å². The molecule has 6 N–H and O–H groups in total. The van der Waals surface area contributed by atoms with Gasteiger partial charge in [0.2, 0.25) is 15.9 Å². The van der Waals surface area contributed by atoms with Crippen LogP contribution in [0.5, 0.6) is 11.5 Å².